The molecule has 0 unspecified atom stereocenters. The number of halogens is 3. The summed E-state index contributed by atoms with van der Waals surface area (Å²) in [4.78, 5) is 10.6. The number of anilines is 1. The van der Waals surface area contributed by atoms with Crippen LogP contribution in [0.4, 0.5) is 14.9 Å². The first kappa shape index (κ1) is 13.3. The minimum absolute atomic E-state index is 0.0150. The zero-order chi connectivity index (χ0) is 12.3. The zero-order valence-corrected chi connectivity index (χ0v) is 11.0. The Bertz CT molecular complexity index is 412. The Labute approximate surface area is 106 Å². The maximum Gasteiger partial charge on any atom is 0.318 e. The first-order valence-corrected chi connectivity index (χ1v) is 5.69. The van der Waals surface area contributed by atoms with Crippen molar-refractivity contribution in [1.29, 1.82) is 0 Å². The summed E-state index contributed by atoms with van der Waals surface area (Å²) in [7, 11) is 0. The van der Waals surface area contributed by atoms with Crippen LogP contribution >= 0.6 is 27.5 Å². The van der Waals surface area contributed by atoms with E-state index in [2.05, 4.69) is 21.2 Å². The van der Waals surface area contributed by atoms with Gasteiger partial charge in [0.05, 0.1) is 16.3 Å². The number of carbonyl (C=O) groups is 1. The molecule has 1 N–H and O–H groups in total. The Balaban J connectivity index is 3.05. The topological polar surface area (TPSA) is 38.3 Å². The first-order chi connectivity index (χ1) is 7.40. The van der Waals surface area contributed by atoms with Crippen LogP contribution in [-0.2, 0) is 0 Å². The van der Waals surface area contributed by atoms with Gasteiger partial charge in [0.15, 0.2) is 0 Å². The number of ether oxygens (including phenoxy) is 1. The second kappa shape index (κ2) is 5.50. The molecule has 0 aromatic heterocycles. The first-order valence-electron chi connectivity index (χ1n) is 4.52. The number of amides is 1. The van der Waals surface area contributed by atoms with Crippen molar-refractivity contribution < 1.29 is 13.9 Å². The zero-order valence-electron chi connectivity index (χ0n) is 8.68. The highest BCUT2D eigenvalue weighted by Gasteiger charge is 2.11. The molecule has 0 fully saturated rings. The number of hydrogen-bond acceptors (Lipinski definition) is 2. The molecular formula is C10H10BrClFNO2. The number of hydrogen-bond donors (Lipinski definition) is 1. The van der Waals surface area contributed by atoms with Gasteiger partial charge in [-0.3, -0.25) is 4.79 Å². The minimum atomic E-state index is -0.850. The van der Waals surface area contributed by atoms with E-state index in [0.29, 0.717) is 10.2 Å². The van der Waals surface area contributed by atoms with Crippen LogP contribution in [0.25, 0.3) is 0 Å². The highest BCUT2D eigenvalue weighted by molar-refractivity contribution is 9.10. The number of rotatable bonds is 3. The summed E-state index contributed by atoms with van der Waals surface area (Å²) in [5.74, 6) is -0.145. The van der Waals surface area contributed by atoms with Crippen LogP contribution < -0.4 is 10.1 Å². The molecule has 0 aliphatic heterocycles. The maximum atomic E-state index is 13.4. The molecule has 0 aliphatic rings. The van der Waals surface area contributed by atoms with Crippen molar-refractivity contribution in [2.45, 2.75) is 20.0 Å². The molecule has 1 amide bonds. The SMILES string of the molecule is CC(C)Oc1cc(NC(=O)Cl)c(F)cc1Br. The van der Waals surface area contributed by atoms with Crippen molar-refractivity contribution in [2.24, 2.45) is 0 Å². The molecule has 0 saturated carbocycles. The molecule has 0 saturated heterocycles. The third kappa shape index (κ3) is 3.64. The van der Waals surface area contributed by atoms with Crippen molar-refractivity contribution in [3.05, 3.63) is 22.4 Å². The summed E-state index contributed by atoms with van der Waals surface area (Å²) in [5.41, 5.74) is -0.0150. The summed E-state index contributed by atoms with van der Waals surface area (Å²) in [5, 5.41) is 1.31. The molecule has 3 nitrogen and oxygen atoms in total. The second-order valence-electron chi connectivity index (χ2n) is 3.33. The van der Waals surface area contributed by atoms with Gasteiger partial charge in [0.25, 0.3) is 0 Å². The highest BCUT2D eigenvalue weighted by atomic mass is 79.9. The van der Waals surface area contributed by atoms with Crippen LogP contribution in [0, 0.1) is 5.82 Å². The van der Waals surface area contributed by atoms with Gasteiger partial charge in [-0.05, 0) is 47.4 Å². The third-order valence-electron chi connectivity index (χ3n) is 1.62. The van der Waals surface area contributed by atoms with Crippen molar-refractivity contribution in [1.82, 2.24) is 0 Å². The Morgan fingerprint density at radius 3 is 2.69 bits per heavy atom. The van der Waals surface area contributed by atoms with E-state index in [9.17, 15) is 9.18 Å². The van der Waals surface area contributed by atoms with E-state index in [-0.39, 0.29) is 11.8 Å². The molecule has 0 heterocycles. The molecule has 0 spiro atoms. The lowest BCUT2D eigenvalue weighted by Crippen LogP contribution is -2.08. The summed E-state index contributed by atoms with van der Waals surface area (Å²) in [6, 6.07) is 2.58. The van der Waals surface area contributed by atoms with Gasteiger partial charge in [-0.1, -0.05) is 0 Å². The molecule has 0 radical (unpaired) electrons. The summed E-state index contributed by atoms with van der Waals surface area (Å²) in [6.07, 6.45) is -0.0543. The van der Waals surface area contributed by atoms with Crippen LogP contribution in [-0.4, -0.2) is 11.5 Å². The monoisotopic (exact) mass is 309 g/mol. The maximum absolute atomic E-state index is 13.4. The van der Waals surface area contributed by atoms with Gasteiger partial charge in [0.2, 0.25) is 0 Å². The minimum Gasteiger partial charge on any atom is -0.490 e. The normalized spacial score (nSPS) is 10.4. The molecule has 1 aromatic carbocycles. The Hall–Kier alpha value is -0.810. The van der Waals surface area contributed by atoms with Gasteiger partial charge >= 0.3 is 5.37 Å². The quantitative estimate of drug-likeness (QED) is 0.673. The van der Waals surface area contributed by atoms with E-state index in [1.54, 1.807) is 0 Å². The van der Waals surface area contributed by atoms with Crippen LogP contribution in [0.1, 0.15) is 13.8 Å². The molecule has 6 heteroatoms. The van der Waals surface area contributed by atoms with Gasteiger partial charge in [-0.2, -0.15) is 0 Å². The predicted molar refractivity (Wildman–Crippen MR) is 64.7 cm³/mol. The molecule has 0 bridgehead atoms. The van der Waals surface area contributed by atoms with Crippen LogP contribution in [0.5, 0.6) is 5.75 Å². The molecule has 1 rings (SSSR count). The van der Waals surface area contributed by atoms with Crippen molar-refractivity contribution in [2.75, 3.05) is 5.32 Å². The van der Waals surface area contributed by atoms with Gasteiger partial charge in [-0.25, -0.2) is 4.39 Å². The second-order valence-corrected chi connectivity index (χ2v) is 4.53. The largest absolute Gasteiger partial charge is 0.490 e. The Kier molecular flexibility index (Phi) is 4.56. The summed E-state index contributed by atoms with van der Waals surface area (Å²) >= 11 is 8.28. The number of nitrogens with one attached hydrogen (secondary N) is 1. The average molecular weight is 311 g/mol. The van der Waals surface area contributed by atoms with E-state index in [1.807, 2.05) is 13.8 Å². The smallest absolute Gasteiger partial charge is 0.318 e. The Morgan fingerprint density at radius 2 is 2.19 bits per heavy atom. The fourth-order valence-electron chi connectivity index (χ4n) is 1.08. The van der Waals surface area contributed by atoms with Crippen LogP contribution in [0.2, 0.25) is 0 Å². The van der Waals surface area contributed by atoms with Crippen molar-refractivity contribution in [3.8, 4) is 5.75 Å². The van der Waals surface area contributed by atoms with E-state index in [1.165, 1.54) is 12.1 Å². The summed E-state index contributed by atoms with van der Waals surface area (Å²) < 4.78 is 19.3. The highest BCUT2D eigenvalue weighted by Crippen LogP contribution is 2.31. The van der Waals surface area contributed by atoms with Gasteiger partial charge in [0, 0.05) is 6.07 Å². The van der Waals surface area contributed by atoms with Crippen molar-refractivity contribution >= 4 is 38.6 Å². The molecule has 0 aliphatic carbocycles. The third-order valence-corrected chi connectivity index (χ3v) is 2.33. The lowest BCUT2D eigenvalue weighted by molar-refractivity contribution is 0.240. The lowest BCUT2D eigenvalue weighted by atomic mass is 10.3. The van der Waals surface area contributed by atoms with Gasteiger partial charge in [0.1, 0.15) is 11.6 Å². The molecule has 1 aromatic rings. The van der Waals surface area contributed by atoms with Gasteiger partial charge < -0.3 is 10.1 Å². The van der Waals surface area contributed by atoms with E-state index in [4.69, 9.17) is 16.3 Å². The summed E-state index contributed by atoms with van der Waals surface area (Å²) in [6.45, 7) is 3.69. The fourth-order valence-corrected chi connectivity index (χ4v) is 1.59. The van der Waals surface area contributed by atoms with Crippen LogP contribution in [0.3, 0.4) is 0 Å². The van der Waals surface area contributed by atoms with E-state index >= 15 is 0 Å². The van der Waals surface area contributed by atoms with Crippen molar-refractivity contribution in [3.63, 3.8) is 0 Å². The predicted octanol–water partition coefficient (Wildman–Crippen LogP) is 4.15. The lowest BCUT2D eigenvalue weighted by Gasteiger charge is -2.13. The average Bonchev–Trinajstić information content (AvgIpc) is 2.11. The molecular weight excluding hydrogens is 300 g/mol. The van der Waals surface area contributed by atoms with Gasteiger partial charge in [-0.15, -0.1) is 0 Å². The molecule has 0 atom stereocenters. The Morgan fingerprint density at radius 1 is 1.56 bits per heavy atom. The standard InChI is InChI=1S/C10H10BrClFNO2/c1-5(2)16-9-4-8(14-10(12)15)7(13)3-6(9)11/h3-5H,1-2H3,(H,14,15). The van der Waals surface area contributed by atoms with Crippen LogP contribution in [0.15, 0.2) is 16.6 Å². The fraction of sp³-hybridized carbons (Fsp3) is 0.300. The number of benzene rings is 1. The van der Waals surface area contributed by atoms with E-state index < -0.39 is 11.2 Å². The molecule has 88 valence electrons. The molecule has 16 heavy (non-hydrogen) atoms. The van der Waals surface area contributed by atoms with E-state index in [0.717, 1.165) is 0 Å². The number of carbonyl (C=O) groups excluding carboxylic acids is 1.